The molecule has 124 valence electrons. The van der Waals surface area contributed by atoms with E-state index in [-0.39, 0.29) is 6.61 Å². The molecule has 0 saturated carbocycles. The average Bonchev–Trinajstić information content (AvgIpc) is 2.52. The van der Waals surface area contributed by atoms with Gasteiger partial charge in [-0.1, -0.05) is 41.4 Å². The molecule has 2 aromatic rings. The fourth-order valence-corrected chi connectivity index (χ4v) is 2.37. The number of hydrogen-bond donors (Lipinski definition) is 1. The lowest BCUT2D eigenvalue weighted by molar-refractivity contribution is -0.142. The molecule has 0 atom stereocenters. The van der Waals surface area contributed by atoms with Crippen LogP contribution in [-0.2, 0) is 14.3 Å². The van der Waals surface area contributed by atoms with Crippen molar-refractivity contribution in [1.82, 2.24) is 0 Å². The van der Waals surface area contributed by atoms with Gasteiger partial charge in [-0.05, 0) is 48.4 Å². The Morgan fingerprint density at radius 1 is 1.17 bits per heavy atom. The lowest BCUT2D eigenvalue weighted by Crippen LogP contribution is -2.20. The van der Waals surface area contributed by atoms with Crippen LogP contribution in [0.5, 0.6) is 0 Å². The smallest absolute Gasteiger partial charge is 0.331 e. The molecule has 0 heterocycles. The second-order valence-electron chi connectivity index (χ2n) is 5.02. The maximum absolute atomic E-state index is 11.7. The van der Waals surface area contributed by atoms with Gasteiger partial charge in [0.1, 0.15) is 0 Å². The van der Waals surface area contributed by atoms with E-state index in [1.54, 1.807) is 24.3 Å². The fourth-order valence-electron chi connectivity index (χ4n) is 1.90. The summed E-state index contributed by atoms with van der Waals surface area (Å²) in [5.41, 5.74) is 2.30. The number of benzene rings is 2. The molecular weight excluding hydrogens is 349 g/mol. The fraction of sp³-hybridized carbons (Fsp3) is 0.111. The molecule has 2 aromatic carbocycles. The number of esters is 1. The van der Waals surface area contributed by atoms with Crippen LogP contribution in [0.15, 0.2) is 48.5 Å². The molecule has 0 aromatic heterocycles. The highest BCUT2D eigenvalue weighted by molar-refractivity contribution is 6.35. The summed E-state index contributed by atoms with van der Waals surface area (Å²) in [5.74, 6) is -1.05. The number of hydrogen-bond acceptors (Lipinski definition) is 3. The summed E-state index contributed by atoms with van der Waals surface area (Å²) in [4.78, 5) is 23.4. The largest absolute Gasteiger partial charge is 0.452 e. The molecule has 0 saturated heterocycles. The first-order valence-electron chi connectivity index (χ1n) is 7.10. The molecule has 2 rings (SSSR count). The Bertz CT molecular complexity index is 788. The molecule has 6 heteroatoms. The van der Waals surface area contributed by atoms with Crippen LogP contribution in [0.25, 0.3) is 6.08 Å². The Kier molecular flexibility index (Phi) is 6.41. The van der Waals surface area contributed by atoms with E-state index in [1.807, 2.05) is 25.1 Å². The molecule has 0 aliphatic carbocycles. The molecule has 1 N–H and O–H groups in total. The van der Waals surface area contributed by atoms with Crippen LogP contribution in [0.4, 0.5) is 5.69 Å². The zero-order valence-electron chi connectivity index (χ0n) is 12.9. The van der Waals surface area contributed by atoms with Crippen molar-refractivity contribution < 1.29 is 14.3 Å². The minimum atomic E-state index is -0.639. The van der Waals surface area contributed by atoms with Crippen LogP contribution in [0, 0.1) is 6.92 Å². The normalized spacial score (nSPS) is 10.6. The van der Waals surface area contributed by atoms with Gasteiger partial charge in [0, 0.05) is 21.8 Å². The summed E-state index contributed by atoms with van der Waals surface area (Å²) in [6.45, 7) is 1.55. The first-order valence-corrected chi connectivity index (χ1v) is 7.86. The number of anilines is 1. The standard InChI is InChI=1S/C18H15Cl2NO3/c1-12-3-2-4-15(9-12)21-17(22)11-24-18(23)8-6-13-5-7-14(19)10-16(13)20/h2-10H,11H2,1H3,(H,21,22)/b8-6+. The Hall–Kier alpha value is -2.30. The molecule has 0 unspecified atom stereocenters. The molecule has 4 nitrogen and oxygen atoms in total. The zero-order valence-corrected chi connectivity index (χ0v) is 14.4. The maximum atomic E-state index is 11.7. The number of halogens is 2. The molecule has 0 aliphatic rings. The SMILES string of the molecule is Cc1cccc(NC(=O)COC(=O)/C=C/c2ccc(Cl)cc2Cl)c1. The van der Waals surface area contributed by atoms with Gasteiger partial charge in [-0.15, -0.1) is 0 Å². The third kappa shape index (κ3) is 5.72. The highest BCUT2D eigenvalue weighted by atomic mass is 35.5. The van der Waals surface area contributed by atoms with Gasteiger partial charge in [-0.25, -0.2) is 4.79 Å². The van der Waals surface area contributed by atoms with Crippen molar-refractivity contribution in [3.8, 4) is 0 Å². The van der Waals surface area contributed by atoms with Gasteiger partial charge in [0.05, 0.1) is 0 Å². The van der Waals surface area contributed by atoms with Crippen molar-refractivity contribution >= 4 is 46.8 Å². The maximum Gasteiger partial charge on any atom is 0.331 e. The number of carbonyl (C=O) groups is 2. The molecule has 0 aliphatic heterocycles. The Morgan fingerprint density at radius 3 is 2.67 bits per heavy atom. The van der Waals surface area contributed by atoms with E-state index in [1.165, 1.54) is 12.2 Å². The highest BCUT2D eigenvalue weighted by Gasteiger charge is 2.06. The molecular formula is C18H15Cl2NO3. The van der Waals surface area contributed by atoms with Gasteiger partial charge in [0.25, 0.3) is 5.91 Å². The van der Waals surface area contributed by atoms with E-state index >= 15 is 0 Å². The minimum Gasteiger partial charge on any atom is -0.452 e. The van der Waals surface area contributed by atoms with E-state index in [0.29, 0.717) is 21.3 Å². The molecule has 0 spiro atoms. The second kappa shape index (κ2) is 8.52. The number of nitrogens with one attached hydrogen (secondary N) is 1. The number of amides is 1. The third-order valence-corrected chi connectivity index (χ3v) is 3.57. The molecule has 0 bridgehead atoms. The van der Waals surface area contributed by atoms with Gasteiger partial charge >= 0.3 is 5.97 Å². The lowest BCUT2D eigenvalue weighted by Gasteiger charge is -2.06. The molecule has 1 amide bonds. The van der Waals surface area contributed by atoms with E-state index in [0.717, 1.165) is 5.56 Å². The Labute approximate surface area is 150 Å². The lowest BCUT2D eigenvalue weighted by atomic mass is 10.2. The van der Waals surface area contributed by atoms with Crippen LogP contribution < -0.4 is 5.32 Å². The van der Waals surface area contributed by atoms with Crippen LogP contribution in [0.1, 0.15) is 11.1 Å². The zero-order chi connectivity index (χ0) is 17.5. The van der Waals surface area contributed by atoms with Crippen molar-refractivity contribution in [2.45, 2.75) is 6.92 Å². The topological polar surface area (TPSA) is 55.4 Å². The predicted octanol–water partition coefficient (Wildman–Crippen LogP) is 4.50. The quantitative estimate of drug-likeness (QED) is 0.628. The highest BCUT2D eigenvalue weighted by Crippen LogP contribution is 2.21. The number of aryl methyl sites for hydroxylation is 1. The van der Waals surface area contributed by atoms with Gasteiger partial charge < -0.3 is 10.1 Å². The summed E-state index contributed by atoms with van der Waals surface area (Å²) >= 11 is 11.8. The van der Waals surface area contributed by atoms with E-state index in [9.17, 15) is 9.59 Å². The predicted molar refractivity (Wildman–Crippen MR) is 96.3 cm³/mol. The van der Waals surface area contributed by atoms with Crippen molar-refractivity contribution in [2.24, 2.45) is 0 Å². The Morgan fingerprint density at radius 2 is 1.96 bits per heavy atom. The van der Waals surface area contributed by atoms with Gasteiger partial charge in [-0.2, -0.15) is 0 Å². The second-order valence-corrected chi connectivity index (χ2v) is 5.87. The molecule has 0 fully saturated rings. The molecule has 0 radical (unpaired) electrons. The van der Waals surface area contributed by atoms with Crippen molar-refractivity contribution in [3.63, 3.8) is 0 Å². The van der Waals surface area contributed by atoms with E-state index < -0.39 is 11.9 Å². The van der Waals surface area contributed by atoms with Crippen molar-refractivity contribution in [3.05, 3.63) is 69.7 Å². The summed E-state index contributed by atoms with van der Waals surface area (Å²) in [6.07, 6.45) is 2.70. The number of carbonyl (C=O) groups excluding carboxylic acids is 2. The molecule has 24 heavy (non-hydrogen) atoms. The monoisotopic (exact) mass is 363 g/mol. The summed E-state index contributed by atoms with van der Waals surface area (Å²) in [5, 5.41) is 3.58. The van der Waals surface area contributed by atoms with Gasteiger partial charge in [0.15, 0.2) is 6.61 Å². The first kappa shape index (κ1) is 18.0. The van der Waals surface area contributed by atoms with Gasteiger partial charge in [-0.3, -0.25) is 4.79 Å². The number of rotatable bonds is 5. The van der Waals surface area contributed by atoms with Crippen LogP contribution >= 0.6 is 23.2 Å². The van der Waals surface area contributed by atoms with E-state index in [2.05, 4.69) is 5.32 Å². The van der Waals surface area contributed by atoms with Crippen molar-refractivity contribution in [2.75, 3.05) is 11.9 Å². The Balaban J connectivity index is 1.84. The minimum absolute atomic E-state index is 0.370. The first-order chi connectivity index (χ1) is 11.4. The van der Waals surface area contributed by atoms with Crippen LogP contribution in [0.2, 0.25) is 10.0 Å². The van der Waals surface area contributed by atoms with E-state index in [4.69, 9.17) is 27.9 Å². The summed E-state index contributed by atoms with van der Waals surface area (Å²) in [6, 6.07) is 12.2. The van der Waals surface area contributed by atoms with Crippen molar-refractivity contribution in [1.29, 1.82) is 0 Å². The van der Waals surface area contributed by atoms with Crippen LogP contribution in [0.3, 0.4) is 0 Å². The van der Waals surface area contributed by atoms with Crippen LogP contribution in [-0.4, -0.2) is 18.5 Å². The third-order valence-electron chi connectivity index (χ3n) is 3.01. The summed E-state index contributed by atoms with van der Waals surface area (Å²) < 4.78 is 4.88. The number of ether oxygens (including phenoxy) is 1. The van der Waals surface area contributed by atoms with Gasteiger partial charge in [0.2, 0.25) is 0 Å². The summed E-state index contributed by atoms with van der Waals surface area (Å²) in [7, 11) is 0. The average molecular weight is 364 g/mol.